The summed E-state index contributed by atoms with van der Waals surface area (Å²) in [6, 6.07) is 15.4. The molecule has 1 fully saturated rings. The summed E-state index contributed by atoms with van der Waals surface area (Å²) in [6.45, 7) is 4.10. The van der Waals surface area contributed by atoms with Crippen LogP contribution in [-0.4, -0.2) is 74.7 Å². The number of amidine groups is 1. The van der Waals surface area contributed by atoms with Crippen LogP contribution in [0.15, 0.2) is 47.5 Å². The number of nitrogens with one attached hydrogen (secondary N) is 2. The number of rotatable bonds is 6. The smallest absolute Gasteiger partial charge is 0.290 e. The third kappa shape index (κ3) is 5.09. The molecular formula is C26H33N5O3. The minimum absolute atomic E-state index is 0.00694. The molecule has 2 aliphatic heterocycles. The highest BCUT2D eigenvalue weighted by molar-refractivity contribution is 5.95. The molecule has 8 heteroatoms. The average Bonchev–Trinajstić information content (AvgIpc) is 3.24. The van der Waals surface area contributed by atoms with Gasteiger partial charge in [0.15, 0.2) is 0 Å². The summed E-state index contributed by atoms with van der Waals surface area (Å²) in [7, 11) is 3.82. The van der Waals surface area contributed by atoms with Gasteiger partial charge in [0.05, 0.1) is 19.2 Å². The minimum Gasteiger partial charge on any atom is -0.460 e. The summed E-state index contributed by atoms with van der Waals surface area (Å²) in [5.41, 5.74) is 5.42. The van der Waals surface area contributed by atoms with Crippen LogP contribution in [0.1, 0.15) is 29.2 Å². The van der Waals surface area contributed by atoms with E-state index >= 15 is 0 Å². The van der Waals surface area contributed by atoms with Gasteiger partial charge in [-0.05, 0) is 49.2 Å². The van der Waals surface area contributed by atoms with Crippen molar-refractivity contribution in [1.82, 2.24) is 9.80 Å². The monoisotopic (exact) mass is 463 g/mol. The van der Waals surface area contributed by atoms with Gasteiger partial charge in [0.1, 0.15) is 6.61 Å². The number of amides is 1. The number of aryl methyl sites for hydroxylation is 1. The van der Waals surface area contributed by atoms with Gasteiger partial charge in [-0.25, -0.2) is 4.99 Å². The van der Waals surface area contributed by atoms with Crippen LogP contribution in [0.3, 0.4) is 0 Å². The Balaban J connectivity index is 1.18. The number of anilines is 2. The van der Waals surface area contributed by atoms with Gasteiger partial charge in [0.25, 0.3) is 6.02 Å². The predicted molar refractivity (Wildman–Crippen MR) is 133 cm³/mol. The number of likely N-dealkylation sites (N-methyl/N-ethyl adjacent to an activating group) is 1. The first kappa shape index (κ1) is 22.8. The van der Waals surface area contributed by atoms with E-state index in [1.807, 2.05) is 18.2 Å². The standard InChI is InChI=1S/C26H33N5O3/c1-30-11-12-31(14-21(30)17-33-2)15-25(32)27-20-8-10-23-19(13-20)16-34-26(28-23)29-24-9-7-18-5-3-4-6-22(18)24/h3-6,8,10,13,21,24H,7,9,11-12,14-17H2,1-2H3,(H,27,32)(H,28,29). The van der Waals surface area contributed by atoms with Crippen molar-refractivity contribution in [1.29, 1.82) is 0 Å². The van der Waals surface area contributed by atoms with Gasteiger partial charge in [0, 0.05) is 49.7 Å². The largest absolute Gasteiger partial charge is 0.460 e. The molecular weight excluding hydrogens is 430 g/mol. The number of carbonyl (C=O) groups excluding carboxylic acids is 1. The van der Waals surface area contributed by atoms with Gasteiger partial charge >= 0.3 is 0 Å². The fourth-order valence-corrected chi connectivity index (χ4v) is 5.02. The lowest BCUT2D eigenvalue weighted by atomic mass is 10.1. The van der Waals surface area contributed by atoms with Crippen LogP contribution in [0.25, 0.3) is 0 Å². The zero-order valence-electron chi connectivity index (χ0n) is 19.9. The number of nitrogens with zero attached hydrogens (tertiary/aromatic N) is 3. The number of hydrogen-bond donors (Lipinski definition) is 2. The van der Waals surface area contributed by atoms with Gasteiger partial charge in [-0.1, -0.05) is 24.3 Å². The van der Waals surface area contributed by atoms with E-state index in [0.29, 0.717) is 31.8 Å². The molecule has 1 saturated heterocycles. The van der Waals surface area contributed by atoms with Crippen molar-refractivity contribution in [3.8, 4) is 0 Å². The lowest BCUT2D eigenvalue weighted by Crippen LogP contribution is -2.54. The molecule has 34 heavy (non-hydrogen) atoms. The van der Waals surface area contributed by atoms with Gasteiger partial charge < -0.3 is 20.1 Å². The Bertz CT molecular complexity index is 1070. The van der Waals surface area contributed by atoms with E-state index in [9.17, 15) is 4.79 Å². The first-order valence-corrected chi connectivity index (χ1v) is 12.0. The quantitative estimate of drug-likeness (QED) is 0.686. The Morgan fingerprint density at radius 2 is 2.12 bits per heavy atom. The van der Waals surface area contributed by atoms with Crippen LogP contribution in [0, 0.1) is 0 Å². The fourth-order valence-electron chi connectivity index (χ4n) is 5.02. The first-order chi connectivity index (χ1) is 16.6. The summed E-state index contributed by atoms with van der Waals surface area (Å²) < 4.78 is 11.2. The molecule has 0 saturated carbocycles. The molecule has 2 N–H and O–H groups in total. The molecule has 0 aromatic heterocycles. The Labute approximate surface area is 200 Å². The van der Waals surface area contributed by atoms with Crippen molar-refractivity contribution in [2.75, 3.05) is 57.6 Å². The number of hydrogen-bond acceptors (Lipinski definition) is 6. The molecule has 2 unspecified atom stereocenters. The van der Waals surface area contributed by atoms with E-state index in [0.717, 1.165) is 49.4 Å². The number of aliphatic imine (C=N–C) groups is 1. The SMILES string of the molecule is COCC1CN(CC(=O)Nc2ccc3c(c2)COC(=NC2CCc4ccccc42)N3)CCN1C. The van der Waals surface area contributed by atoms with Crippen molar-refractivity contribution in [3.63, 3.8) is 0 Å². The fraction of sp³-hybridized carbons (Fsp3) is 0.462. The maximum absolute atomic E-state index is 12.7. The lowest BCUT2D eigenvalue weighted by molar-refractivity contribution is -0.118. The molecule has 0 spiro atoms. The third-order valence-electron chi connectivity index (χ3n) is 6.96. The molecule has 2 atom stereocenters. The number of fused-ring (bicyclic) bond motifs is 2. The van der Waals surface area contributed by atoms with Crippen molar-refractivity contribution in [2.45, 2.75) is 31.5 Å². The van der Waals surface area contributed by atoms with Crippen molar-refractivity contribution in [3.05, 3.63) is 59.2 Å². The van der Waals surface area contributed by atoms with E-state index in [1.54, 1.807) is 7.11 Å². The van der Waals surface area contributed by atoms with Crippen LogP contribution in [-0.2, 0) is 27.3 Å². The molecule has 5 rings (SSSR count). The molecule has 3 aliphatic rings. The minimum atomic E-state index is -0.00694. The van der Waals surface area contributed by atoms with Crippen LogP contribution in [0.2, 0.25) is 0 Å². The second-order valence-corrected chi connectivity index (χ2v) is 9.35. The zero-order valence-corrected chi connectivity index (χ0v) is 19.9. The van der Waals surface area contributed by atoms with Crippen LogP contribution < -0.4 is 10.6 Å². The summed E-state index contributed by atoms with van der Waals surface area (Å²) in [4.78, 5) is 22.0. The van der Waals surface area contributed by atoms with Crippen molar-refractivity contribution >= 4 is 23.3 Å². The third-order valence-corrected chi connectivity index (χ3v) is 6.96. The summed E-state index contributed by atoms with van der Waals surface area (Å²) in [5, 5.41) is 6.35. The summed E-state index contributed by atoms with van der Waals surface area (Å²) >= 11 is 0. The Kier molecular flexibility index (Phi) is 6.80. The molecule has 2 aromatic carbocycles. The lowest BCUT2D eigenvalue weighted by Gasteiger charge is -2.38. The molecule has 8 nitrogen and oxygen atoms in total. The summed E-state index contributed by atoms with van der Waals surface area (Å²) in [6.07, 6.45) is 2.06. The molecule has 180 valence electrons. The van der Waals surface area contributed by atoms with Gasteiger partial charge in [0.2, 0.25) is 5.91 Å². The summed E-state index contributed by atoms with van der Waals surface area (Å²) in [5.74, 6) is -0.00694. The highest BCUT2D eigenvalue weighted by Gasteiger charge is 2.26. The van der Waals surface area contributed by atoms with Crippen LogP contribution >= 0.6 is 0 Å². The Hall–Kier alpha value is -2.94. The number of benzene rings is 2. The molecule has 2 aromatic rings. The van der Waals surface area contributed by atoms with E-state index in [2.05, 4.69) is 51.7 Å². The van der Waals surface area contributed by atoms with Gasteiger partial charge in [-0.3, -0.25) is 14.6 Å². The number of piperazine rings is 1. The molecule has 0 bridgehead atoms. The maximum atomic E-state index is 12.7. The molecule has 1 aliphatic carbocycles. The normalized spacial score (nSPS) is 23.6. The second kappa shape index (κ2) is 10.1. The Morgan fingerprint density at radius 1 is 1.24 bits per heavy atom. The van der Waals surface area contributed by atoms with E-state index in [4.69, 9.17) is 14.5 Å². The topological polar surface area (TPSA) is 78.4 Å². The molecule has 2 heterocycles. The van der Waals surface area contributed by atoms with Crippen molar-refractivity contribution < 1.29 is 14.3 Å². The first-order valence-electron chi connectivity index (χ1n) is 12.0. The average molecular weight is 464 g/mol. The van der Waals surface area contributed by atoms with Crippen molar-refractivity contribution in [2.24, 2.45) is 4.99 Å². The van der Waals surface area contributed by atoms with Crippen LogP contribution in [0.5, 0.6) is 0 Å². The van der Waals surface area contributed by atoms with E-state index in [-0.39, 0.29) is 11.9 Å². The predicted octanol–water partition coefficient (Wildman–Crippen LogP) is 2.87. The van der Waals surface area contributed by atoms with E-state index in [1.165, 1.54) is 11.1 Å². The number of carbonyl (C=O) groups is 1. The van der Waals surface area contributed by atoms with Crippen LogP contribution in [0.4, 0.5) is 11.4 Å². The van der Waals surface area contributed by atoms with Gasteiger partial charge in [-0.2, -0.15) is 0 Å². The Morgan fingerprint density at radius 3 is 3.00 bits per heavy atom. The second-order valence-electron chi connectivity index (χ2n) is 9.35. The van der Waals surface area contributed by atoms with E-state index < -0.39 is 0 Å². The molecule has 0 radical (unpaired) electrons. The highest BCUT2D eigenvalue weighted by atomic mass is 16.5. The highest BCUT2D eigenvalue weighted by Crippen LogP contribution is 2.35. The maximum Gasteiger partial charge on any atom is 0.290 e. The van der Waals surface area contributed by atoms with Gasteiger partial charge in [-0.15, -0.1) is 0 Å². The number of ether oxygens (including phenoxy) is 2. The molecule has 1 amide bonds. The zero-order chi connectivity index (χ0) is 23.5. The number of methoxy groups -OCH3 is 1.